The van der Waals surface area contributed by atoms with E-state index >= 15 is 0 Å². The molecule has 0 aromatic rings. The van der Waals surface area contributed by atoms with Crippen LogP contribution in [0.3, 0.4) is 0 Å². The first-order valence-electron chi connectivity index (χ1n) is 5.88. The summed E-state index contributed by atoms with van der Waals surface area (Å²) >= 11 is 0. The Labute approximate surface area is 122 Å². The van der Waals surface area contributed by atoms with E-state index in [0.717, 1.165) is 26.2 Å². The number of nitrogens with zero attached hydrogens (tertiary/aromatic N) is 4. The third kappa shape index (κ3) is 175. The molecule has 1 radical (unpaired) electrons. The second-order valence-corrected chi connectivity index (χ2v) is 2.53. The monoisotopic (exact) mass is 283 g/mol. The van der Waals surface area contributed by atoms with Gasteiger partial charge in [0.05, 0.1) is 0 Å². The van der Waals surface area contributed by atoms with Crippen LogP contribution in [0.1, 0.15) is 27.7 Å². The minimum absolute atomic E-state index is 0. The van der Waals surface area contributed by atoms with Crippen LogP contribution in [-0.4, -0.2) is 54.4 Å². The molecule has 0 fully saturated rings. The Morgan fingerprint density at radius 2 is 0.529 bits per heavy atom. The molecule has 0 aliphatic carbocycles. The molecule has 17 heavy (non-hydrogen) atoms. The smallest absolute Gasteiger partial charge is 0 e. The van der Waals surface area contributed by atoms with Gasteiger partial charge in [-0.2, -0.15) is 54.4 Å². The summed E-state index contributed by atoms with van der Waals surface area (Å²) in [6, 6.07) is 0. The molecular formula is C12H32N4V-4. The number of rotatable bonds is 4. The van der Waals surface area contributed by atoms with E-state index in [1.54, 1.807) is 28.2 Å². The molecule has 0 aliphatic heterocycles. The molecule has 0 aliphatic rings. The first kappa shape index (κ1) is 30.4. The van der Waals surface area contributed by atoms with Crippen molar-refractivity contribution in [3.8, 4) is 0 Å². The minimum atomic E-state index is 0. The molecule has 0 saturated heterocycles. The van der Waals surface area contributed by atoms with Crippen LogP contribution in [-0.2, 0) is 18.6 Å². The predicted molar refractivity (Wildman–Crippen MR) is 79.3 cm³/mol. The maximum absolute atomic E-state index is 3.74. The van der Waals surface area contributed by atoms with Gasteiger partial charge in [-0.05, 0) is 0 Å². The van der Waals surface area contributed by atoms with Crippen molar-refractivity contribution in [2.45, 2.75) is 27.7 Å². The quantitative estimate of drug-likeness (QED) is 0.748. The van der Waals surface area contributed by atoms with E-state index in [4.69, 9.17) is 0 Å². The molecule has 0 unspecified atom stereocenters. The summed E-state index contributed by atoms with van der Waals surface area (Å²) < 4.78 is 0. The summed E-state index contributed by atoms with van der Waals surface area (Å²) in [6.45, 7) is 11.8. The van der Waals surface area contributed by atoms with E-state index in [2.05, 4.69) is 21.3 Å². The van der Waals surface area contributed by atoms with Crippen molar-refractivity contribution in [2.75, 3.05) is 54.4 Å². The molecule has 0 aromatic heterocycles. The molecule has 0 aromatic carbocycles. The molecule has 0 amide bonds. The van der Waals surface area contributed by atoms with Crippen LogP contribution in [0.2, 0.25) is 0 Å². The van der Waals surface area contributed by atoms with Gasteiger partial charge in [0.2, 0.25) is 0 Å². The molecule has 5 heteroatoms. The molecule has 0 N–H and O–H groups in total. The molecule has 0 rings (SSSR count). The summed E-state index contributed by atoms with van der Waals surface area (Å²) in [5, 5.41) is 14.9. The van der Waals surface area contributed by atoms with Crippen molar-refractivity contribution in [2.24, 2.45) is 0 Å². The molecule has 4 nitrogen and oxygen atoms in total. The molecule has 109 valence electrons. The third-order valence-electron chi connectivity index (χ3n) is 1.26. The van der Waals surface area contributed by atoms with E-state index in [1.165, 1.54) is 0 Å². The summed E-state index contributed by atoms with van der Waals surface area (Å²) in [5.41, 5.74) is 0. The summed E-state index contributed by atoms with van der Waals surface area (Å²) in [5.74, 6) is 0. The summed E-state index contributed by atoms with van der Waals surface area (Å²) in [7, 11) is 7.22. The van der Waals surface area contributed by atoms with Gasteiger partial charge in [-0.15, -0.1) is 0 Å². The maximum atomic E-state index is 3.74. The Morgan fingerprint density at radius 1 is 0.471 bits per heavy atom. The van der Waals surface area contributed by atoms with Crippen molar-refractivity contribution >= 4 is 0 Å². The average Bonchev–Trinajstić information content (AvgIpc) is 2.39. The average molecular weight is 283 g/mol. The Balaban J connectivity index is -0.0000000369. The van der Waals surface area contributed by atoms with Gasteiger partial charge in [0.15, 0.2) is 0 Å². The van der Waals surface area contributed by atoms with Gasteiger partial charge in [-0.1, -0.05) is 27.7 Å². The second-order valence-electron chi connectivity index (χ2n) is 2.53. The van der Waals surface area contributed by atoms with Crippen LogP contribution in [0.15, 0.2) is 0 Å². The minimum Gasteiger partial charge on any atom is -0.665 e. The normalized spacial score (nSPS) is 7.06. The van der Waals surface area contributed by atoms with Gasteiger partial charge < -0.3 is 21.3 Å². The Kier molecular flexibility index (Phi) is 98.6. The first-order chi connectivity index (χ1) is 7.66. The van der Waals surface area contributed by atoms with Crippen molar-refractivity contribution in [1.29, 1.82) is 0 Å². The van der Waals surface area contributed by atoms with Gasteiger partial charge in [0, 0.05) is 18.6 Å². The van der Waals surface area contributed by atoms with E-state index in [1.807, 2.05) is 27.7 Å². The van der Waals surface area contributed by atoms with Crippen molar-refractivity contribution in [1.82, 2.24) is 0 Å². The van der Waals surface area contributed by atoms with Crippen LogP contribution >= 0.6 is 0 Å². The molecule has 0 bridgehead atoms. The fraction of sp³-hybridized carbons (Fsp3) is 1.00. The topological polar surface area (TPSA) is 56.4 Å². The summed E-state index contributed by atoms with van der Waals surface area (Å²) in [6.07, 6.45) is 0. The molecule has 0 atom stereocenters. The fourth-order valence-electron chi connectivity index (χ4n) is 0. The second kappa shape index (κ2) is 55.1. The van der Waals surface area contributed by atoms with E-state index in [0.29, 0.717) is 0 Å². The van der Waals surface area contributed by atoms with E-state index in [-0.39, 0.29) is 18.6 Å². The SMILES string of the molecule is CC[N-]C.CC[N-]C.CC[N-]C.CC[N-]C.[V]. The Bertz CT molecular complexity index is 42.5. The Morgan fingerprint density at radius 3 is 0.529 bits per heavy atom. The summed E-state index contributed by atoms with van der Waals surface area (Å²) in [4.78, 5) is 0. The van der Waals surface area contributed by atoms with Gasteiger partial charge in [0.25, 0.3) is 0 Å². The van der Waals surface area contributed by atoms with Crippen molar-refractivity contribution in [3.05, 3.63) is 21.3 Å². The molecule has 0 saturated carbocycles. The maximum Gasteiger partial charge on any atom is 0 e. The molecular weight excluding hydrogens is 251 g/mol. The molecule has 0 spiro atoms. The van der Waals surface area contributed by atoms with Gasteiger partial charge >= 0.3 is 0 Å². The van der Waals surface area contributed by atoms with Gasteiger partial charge in [-0.3, -0.25) is 0 Å². The van der Waals surface area contributed by atoms with Crippen LogP contribution in [0, 0.1) is 0 Å². The Hall–Kier alpha value is 0.424. The zero-order chi connectivity index (χ0) is 13.7. The zero-order valence-corrected chi connectivity index (χ0v) is 14.5. The zero-order valence-electron chi connectivity index (χ0n) is 13.1. The standard InChI is InChI=1S/4C3H8N.V/c4*1-3-4-2;/h4*3H2,1-2H3;/q4*-1;. The van der Waals surface area contributed by atoms with Crippen molar-refractivity contribution in [3.63, 3.8) is 0 Å². The van der Waals surface area contributed by atoms with Gasteiger partial charge in [-0.25, -0.2) is 0 Å². The number of hydrogen-bond donors (Lipinski definition) is 0. The van der Waals surface area contributed by atoms with Crippen LogP contribution in [0.4, 0.5) is 0 Å². The van der Waals surface area contributed by atoms with Crippen LogP contribution < -0.4 is 0 Å². The largest absolute Gasteiger partial charge is 0.665 e. The van der Waals surface area contributed by atoms with E-state index in [9.17, 15) is 0 Å². The van der Waals surface area contributed by atoms with Gasteiger partial charge in [0.1, 0.15) is 0 Å². The van der Waals surface area contributed by atoms with Crippen molar-refractivity contribution < 1.29 is 18.6 Å². The predicted octanol–water partition coefficient (Wildman–Crippen LogP) is 4.04. The fourth-order valence-corrected chi connectivity index (χ4v) is 0. The first-order valence-corrected chi connectivity index (χ1v) is 5.88. The molecule has 0 heterocycles. The van der Waals surface area contributed by atoms with Crippen LogP contribution in [0.5, 0.6) is 0 Å². The number of hydrogen-bond acceptors (Lipinski definition) is 0. The third-order valence-corrected chi connectivity index (χ3v) is 1.26. The van der Waals surface area contributed by atoms with E-state index < -0.39 is 0 Å². The van der Waals surface area contributed by atoms with Crippen LogP contribution in [0.25, 0.3) is 21.3 Å².